The van der Waals surface area contributed by atoms with E-state index in [9.17, 15) is 14.4 Å². The molecule has 1 aliphatic heterocycles. The van der Waals surface area contributed by atoms with Gasteiger partial charge in [0.1, 0.15) is 6.54 Å². The zero-order valence-corrected chi connectivity index (χ0v) is 13.0. The predicted molar refractivity (Wildman–Crippen MR) is 88.8 cm³/mol. The molecule has 2 aromatic rings. The fourth-order valence-corrected chi connectivity index (χ4v) is 2.51. The molecule has 0 spiro atoms. The van der Waals surface area contributed by atoms with Gasteiger partial charge in [0.05, 0.1) is 6.54 Å². The first kappa shape index (κ1) is 15.7. The van der Waals surface area contributed by atoms with Crippen molar-refractivity contribution in [3.05, 3.63) is 60.2 Å². The van der Waals surface area contributed by atoms with E-state index in [1.807, 2.05) is 54.6 Å². The molecular formula is C18H17N3O3. The standard InChI is InChI=1S/C18H17N3O3/c22-16(12-21-17(23)11-20-18(21)24)19-10-13-5-4-8-15(9-13)14-6-2-1-3-7-14/h1-9H,10-12H2,(H,19,22)(H,20,24). The van der Waals surface area contributed by atoms with Crippen LogP contribution >= 0.6 is 0 Å². The van der Waals surface area contributed by atoms with Crippen LogP contribution in [0.3, 0.4) is 0 Å². The van der Waals surface area contributed by atoms with E-state index in [0.717, 1.165) is 21.6 Å². The van der Waals surface area contributed by atoms with Crippen molar-refractivity contribution in [2.24, 2.45) is 0 Å². The fraction of sp³-hybridized carbons (Fsp3) is 0.167. The molecule has 0 unspecified atom stereocenters. The summed E-state index contributed by atoms with van der Waals surface area (Å²) in [6.07, 6.45) is 0. The number of rotatable bonds is 5. The summed E-state index contributed by atoms with van der Waals surface area (Å²) in [7, 11) is 0. The Balaban J connectivity index is 1.60. The lowest BCUT2D eigenvalue weighted by atomic mass is 10.0. The maximum Gasteiger partial charge on any atom is 0.325 e. The Kier molecular flexibility index (Phi) is 4.56. The highest BCUT2D eigenvalue weighted by atomic mass is 16.2. The van der Waals surface area contributed by atoms with Crippen LogP contribution in [0.2, 0.25) is 0 Å². The molecule has 0 atom stereocenters. The van der Waals surface area contributed by atoms with E-state index >= 15 is 0 Å². The summed E-state index contributed by atoms with van der Waals surface area (Å²) in [5, 5.41) is 5.11. The molecular weight excluding hydrogens is 306 g/mol. The minimum atomic E-state index is -0.527. The van der Waals surface area contributed by atoms with E-state index in [1.165, 1.54) is 0 Å². The number of hydrogen-bond acceptors (Lipinski definition) is 3. The quantitative estimate of drug-likeness (QED) is 0.819. The number of carbonyl (C=O) groups is 3. The molecule has 6 heteroatoms. The van der Waals surface area contributed by atoms with Crippen molar-refractivity contribution in [3.63, 3.8) is 0 Å². The van der Waals surface area contributed by atoms with Crippen molar-refractivity contribution in [1.29, 1.82) is 0 Å². The van der Waals surface area contributed by atoms with Crippen molar-refractivity contribution >= 4 is 17.8 Å². The molecule has 1 fully saturated rings. The summed E-state index contributed by atoms with van der Waals surface area (Å²) < 4.78 is 0. The Hall–Kier alpha value is -3.15. The van der Waals surface area contributed by atoms with Crippen LogP contribution in [0, 0.1) is 0 Å². The summed E-state index contributed by atoms with van der Waals surface area (Å²) >= 11 is 0. The predicted octanol–water partition coefficient (Wildman–Crippen LogP) is 1.52. The Morgan fingerprint density at radius 3 is 2.50 bits per heavy atom. The highest BCUT2D eigenvalue weighted by Crippen LogP contribution is 2.19. The maximum atomic E-state index is 11.9. The summed E-state index contributed by atoms with van der Waals surface area (Å²) in [6, 6.07) is 17.3. The second-order valence-corrected chi connectivity index (χ2v) is 5.48. The van der Waals surface area contributed by atoms with Crippen molar-refractivity contribution < 1.29 is 14.4 Å². The van der Waals surface area contributed by atoms with Crippen LogP contribution in [0.1, 0.15) is 5.56 Å². The number of nitrogens with one attached hydrogen (secondary N) is 2. The number of imide groups is 1. The van der Waals surface area contributed by atoms with E-state index in [4.69, 9.17) is 0 Å². The van der Waals surface area contributed by atoms with Gasteiger partial charge in [-0.15, -0.1) is 0 Å². The lowest BCUT2D eigenvalue weighted by Crippen LogP contribution is -2.40. The molecule has 4 amide bonds. The van der Waals surface area contributed by atoms with Crippen LogP contribution in [0.5, 0.6) is 0 Å². The van der Waals surface area contributed by atoms with Crippen LogP contribution in [-0.2, 0) is 16.1 Å². The van der Waals surface area contributed by atoms with E-state index in [-0.39, 0.29) is 24.9 Å². The third-order valence-electron chi connectivity index (χ3n) is 3.76. The van der Waals surface area contributed by atoms with Gasteiger partial charge in [-0.25, -0.2) is 4.79 Å². The smallest absolute Gasteiger partial charge is 0.325 e. The number of benzene rings is 2. The third kappa shape index (κ3) is 3.60. The molecule has 0 radical (unpaired) electrons. The number of hydrogen-bond donors (Lipinski definition) is 2. The van der Waals surface area contributed by atoms with Gasteiger partial charge in [-0.2, -0.15) is 0 Å². The molecule has 122 valence electrons. The van der Waals surface area contributed by atoms with Crippen molar-refractivity contribution in [3.8, 4) is 11.1 Å². The molecule has 1 heterocycles. The third-order valence-corrected chi connectivity index (χ3v) is 3.76. The zero-order valence-electron chi connectivity index (χ0n) is 13.0. The maximum absolute atomic E-state index is 11.9. The number of carbonyl (C=O) groups excluding carboxylic acids is 3. The lowest BCUT2D eigenvalue weighted by Gasteiger charge is -2.12. The second-order valence-electron chi connectivity index (χ2n) is 5.48. The second kappa shape index (κ2) is 6.95. The topological polar surface area (TPSA) is 78.5 Å². The van der Waals surface area contributed by atoms with Crippen LogP contribution in [0.25, 0.3) is 11.1 Å². The van der Waals surface area contributed by atoms with Crippen molar-refractivity contribution in [2.45, 2.75) is 6.54 Å². The molecule has 3 rings (SSSR count). The largest absolute Gasteiger partial charge is 0.350 e. The number of nitrogens with zero attached hydrogens (tertiary/aromatic N) is 1. The van der Waals surface area contributed by atoms with Crippen LogP contribution in [0.4, 0.5) is 4.79 Å². The van der Waals surface area contributed by atoms with Crippen molar-refractivity contribution in [2.75, 3.05) is 13.1 Å². The number of urea groups is 1. The first-order valence-electron chi connectivity index (χ1n) is 7.63. The molecule has 1 aliphatic rings. The molecule has 0 bridgehead atoms. The highest BCUT2D eigenvalue weighted by Gasteiger charge is 2.29. The molecule has 2 aromatic carbocycles. The lowest BCUT2D eigenvalue weighted by molar-refractivity contribution is -0.130. The van der Waals surface area contributed by atoms with E-state index < -0.39 is 6.03 Å². The first-order valence-corrected chi connectivity index (χ1v) is 7.63. The van der Waals surface area contributed by atoms with Crippen LogP contribution < -0.4 is 10.6 Å². The zero-order chi connectivity index (χ0) is 16.9. The molecule has 0 aliphatic carbocycles. The van der Waals surface area contributed by atoms with Gasteiger partial charge in [0.2, 0.25) is 5.91 Å². The van der Waals surface area contributed by atoms with E-state index in [2.05, 4.69) is 10.6 Å². The minimum Gasteiger partial charge on any atom is -0.350 e. The minimum absolute atomic E-state index is 0.0504. The van der Waals surface area contributed by atoms with Gasteiger partial charge < -0.3 is 10.6 Å². The van der Waals surface area contributed by atoms with Gasteiger partial charge >= 0.3 is 6.03 Å². The van der Waals surface area contributed by atoms with E-state index in [1.54, 1.807) is 0 Å². The SMILES string of the molecule is O=C(CN1C(=O)CNC1=O)NCc1cccc(-c2ccccc2)c1. The molecule has 0 aromatic heterocycles. The summed E-state index contributed by atoms with van der Waals surface area (Å²) in [4.78, 5) is 35.7. The Labute approximate surface area is 139 Å². The van der Waals surface area contributed by atoms with Gasteiger partial charge in [-0.05, 0) is 22.8 Å². The molecule has 24 heavy (non-hydrogen) atoms. The average Bonchev–Trinajstić information content (AvgIpc) is 2.93. The van der Waals surface area contributed by atoms with Gasteiger partial charge in [-0.1, -0.05) is 48.5 Å². The number of amides is 4. The molecule has 1 saturated heterocycles. The van der Waals surface area contributed by atoms with Crippen molar-refractivity contribution in [1.82, 2.24) is 15.5 Å². The normalized spacial score (nSPS) is 13.8. The molecule has 0 saturated carbocycles. The Morgan fingerprint density at radius 2 is 1.79 bits per heavy atom. The summed E-state index contributed by atoms with van der Waals surface area (Å²) in [5.41, 5.74) is 3.11. The van der Waals surface area contributed by atoms with Crippen LogP contribution in [0.15, 0.2) is 54.6 Å². The Morgan fingerprint density at radius 1 is 1.04 bits per heavy atom. The van der Waals surface area contributed by atoms with E-state index in [0.29, 0.717) is 6.54 Å². The van der Waals surface area contributed by atoms with Gasteiger partial charge in [0, 0.05) is 6.54 Å². The average molecular weight is 323 g/mol. The Bertz CT molecular complexity index is 758. The summed E-state index contributed by atoms with van der Waals surface area (Å²) in [6.45, 7) is 0.0252. The van der Waals surface area contributed by atoms with Gasteiger partial charge in [-0.3, -0.25) is 14.5 Å². The first-order chi connectivity index (χ1) is 11.6. The van der Waals surface area contributed by atoms with Crippen LogP contribution in [-0.4, -0.2) is 35.8 Å². The molecule has 6 nitrogen and oxygen atoms in total. The summed E-state index contributed by atoms with van der Waals surface area (Å²) in [5.74, 6) is -0.758. The van der Waals surface area contributed by atoms with Gasteiger partial charge in [0.25, 0.3) is 5.91 Å². The monoisotopic (exact) mass is 323 g/mol. The van der Waals surface area contributed by atoms with Gasteiger partial charge in [0.15, 0.2) is 0 Å². The fourth-order valence-electron chi connectivity index (χ4n) is 2.51. The highest BCUT2D eigenvalue weighted by molar-refractivity contribution is 6.04. The molecule has 2 N–H and O–H groups in total.